The zero-order valence-corrected chi connectivity index (χ0v) is 13.7. The fourth-order valence-corrected chi connectivity index (χ4v) is 3.84. The van der Waals surface area contributed by atoms with E-state index < -0.39 is 0 Å². The molecule has 1 aromatic rings. The van der Waals surface area contributed by atoms with Crippen molar-refractivity contribution in [1.29, 1.82) is 0 Å². The van der Waals surface area contributed by atoms with E-state index in [0.29, 0.717) is 0 Å². The monoisotopic (exact) mass is 329 g/mol. The van der Waals surface area contributed by atoms with Gasteiger partial charge in [-0.2, -0.15) is 5.10 Å². The first-order valence-electron chi connectivity index (χ1n) is 7.19. The number of aryl methyl sites for hydroxylation is 1. The van der Waals surface area contributed by atoms with E-state index in [0.717, 1.165) is 30.5 Å². The highest BCUT2D eigenvalue weighted by Crippen LogP contribution is 2.44. The van der Waals surface area contributed by atoms with Gasteiger partial charge in [0, 0.05) is 13.7 Å². The lowest BCUT2D eigenvalue weighted by molar-refractivity contribution is -0.0641. The molecule has 1 aliphatic rings. The Labute approximate surface area is 124 Å². The molecular formula is C14H24BrN3O. The summed E-state index contributed by atoms with van der Waals surface area (Å²) in [6, 6.07) is 0.196. The van der Waals surface area contributed by atoms with Crippen molar-refractivity contribution in [2.75, 3.05) is 13.2 Å². The largest absolute Gasteiger partial charge is 0.373 e. The summed E-state index contributed by atoms with van der Waals surface area (Å²) in [6.07, 6.45) is 6.61. The maximum absolute atomic E-state index is 6.21. The molecule has 108 valence electrons. The molecule has 5 heteroatoms. The van der Waals surface area contributed by atoms with Crippen LogP contribution in [0.15, 0.2) is 10.7 Å². The fraction of sp³-hybridized carbons (Fsp3) is 0.786. The van der Waals surface area contributed by atoms with Crippen LogP contribution in [0.3, 0.4) is 0 Å². The minimum atomic E-state index is -0.0823. The van der Waals surface area contributed by atoms with Gasteiger partial charge < -0.3 is 10.1 Å². The topological polar surface area (TPSA) is 39.1 Å². The third-order valence-corrected chi connectivity index (χ3v) is 4.64. The molecule has 2 rings (SSSR count). The summed E-state index contributed by atoms with van der Waals surface area (Å²) in [7, 11) is 2.00. The SMILES string of the molecule is CCNC(c1c(Br)cnn1C)C1(OCC)CCCC1. The van der Waals surface area contributed by atoms with E-state index in [2.05, 4.69) is 40.2 Å². The van der Waals surface area contributed by atoms with Crippen LogP contribution >= 0.6 is 15.9 Å². The van der Waals surface area contributed by atoms with Crippen LogP contribution in [0.2, 0.25) is 0 Å². The van der Waals surface area contributed by atoms with E-state index in [1.807, 2.05) is 17.9 Å². The molecule has 1 fully saturated rings. The lowest BCUT2D eigenvalue weighted by Gasteiger charge is -2.38. The van der Waals surface area contributed by atoms with Crippen molar-refractivity contribution in [1.82, 2.24) is 15.1 Å². The Bertz CT molecular complexity index is 393. The average Bonchev–Trinajstić information content (AvgIpc) is 2.97. The minimum Gasteiger partial charge on any atom is -0.373 e. The Balaban J connectivity index is 2.38. The molecule has 0 aliphatic heterocycles. The van der Waals surface area contributed by atoms with Crippen LogP contribution < -0.4 is 5.32 Å². The third kappa shape index (κ3) is 2.88. The molecule has 0 saturated heterocycles. The minimum absolute atomic E-state index is 0.0823. The summed E-state index contributed by atoms with van der Waals surface area (Å²) in [5.74, 6) is 0. The van der Waals surface area contributed by atoms with Gasteiger partial charge in [0.05, 0.1) is 28.0 Å². The average molecular weight is 330 g/mol. The smallest absolute Gasteiger partial charge is 0.0891 e. The first-order valence-corrected chi connectivity index (χ1v) is 7.98. The summed E-state index contributed by atoms with van der Waals surface area (Å²) in [5.41, 5.74) is 1.11. The summed E-state index contributed by atoms with van der Waals surface area (Å²) in [5, 5.41) is 7.97. The van der Waals surface area contributed by atoms with Crippen molar-refractivity contribution in [3.05, 3.63) is 16.4 Å². The number of hydrogen-bond donors (Lipinski definition) is 1. The van der Waals surface area contributed by atoms with E-state index >= 15 is 0 Å². The van der Waals surface area contributed by atoms with E-state index in [9.17, 15) is 0 Å². The molecule has 0 bridgehead atoms. The van der Waals surface area contributed by atoms with Crippen LogP contribution in [-0.4, -0.2) is 28.5 Å². The quantitative estimate of drug-likeness (QED) is 0.871. The molecule has 19 heavy (non-hydrogen) atoms. The highest BCUT2D eigenvalue weighted by atomic mass is 79.9. The van der Waals surface area contributed by atoms with Gasteiger partial charge in [-0.1, -0.05) is 19.8 Å². The van der Waals surface area contributed by atoms with Crippen LogP contribution in [0.4, 0.5) is 0 Å². The van der Waals surface area contributed by atoms with E-state index in [4.69, 9.17) is 4.74 Å². The van der Waals surface area contributed by atoms with Gasteiger partial charge in [0.2, 0.25) is 0 Å². The van der Waals surface area contributed by atoms with Crippen molar-refractivity contribution in [3.8, 4) is 0 Å². The zero-order chi connectivity index (χ0) is 13.9. The van der Waals surface area contributed by atoms with E-state index in [1.165, 1.54) is 18.5 Å². The Morgan fingerprint density at radius 2 is 2.16 bits per heavy atom. The summed E-state index contributed by atoms with van der Waals surface area (Å²) in [4.78, 5) is 0. The molecule has 0 aromatic carbocycles. The van der Waals surface area contributed by atoms with Gasteiger partial charge in [-0.15, -0.1) is 0 Å². The number of rotatable bonds is 6. The molecule has 1 saturated carbocycles. The van der Waals surface area contributed by atoms with Crippen molar-refractivity contribution < 1.29 is 4.74 Å². The normalized spacial score (nSPS) is 19.8. The molecule has 1 unspecified atom stereocenters. The van der Waals surface area contributed by atoms with Gasteiger partial charge in [-0.25, -0.2) is 0 Å². The van der Waals surface area contributed by atoms with Crippen LogP contribution in [0.25, 0.3) is 0 Å². The second-order valence-corrected chi connectivity index (χ2v) is 6.05. The Morgan fingerprint density at radius 1 is 1.47 bits per heavy atom. The molecule has 0 spiro atoms. The fourth-order valence-electron chi connectivity index (χ4n) is 3.26. The van der Waals surface area contributed by atoms with Crippen LogP contribution in [0, 0.1) is 0 Å². The first kappa shape index (κ1) is 15.0. The molecule has 0 amide bonds. The molecule has 1 N–H and O–H groups in total. The van der Waals surface area contributed by atoms with Gasteiger partial charge >= 0.3 is 0 Å². The Kier molecular flexibility index (Phi) is 5.03. The van der Waals surface area contributed by atoms with Crippen LogP contribution in [-0.2, 0) is 11.8 Å². The Hall–Kier alpha value is -0.390. The van der Waals surface area contributed by atoms with Crippen LogP contribution in [0.5, 0.6) is 0 Å². The maximum atomic E-state index is 6.21. The summed E-state index contributed by atoms with van der Waals surface area (Å²) in [6.45, 7) is 5.92. The summed E-state index contributed by atoms with van der Waals surface area (Å²) >= 11 is 3.63. The standard InChI is InChI=1S/C14H24BrN3O/c1-4-16-13(12-11(15)10-17-18(12)3)14(19-5-2)8-6-7-9-14/h10,13,16H,4-9H2,1-3H3. The van der Waals surface area contributed by atoms with Crippen LogP contribution in [0.1, 0.15) is 51.3 Å². The molecule has 1 aliphatic carbocycles. The predicted molar refractivity (Wildman–Crippen MR) is 80.2 cm³/mol. The number of aromatic nitrogens is 2. The number of ether oxygens (including phenoxy) is 1. The highest BCUT2D eigenvalue weighted by Gasteiger charge is 2.44. The lowest BCUT2D eigenvalue weighted by atomic mass is 9.89. The first-order chi connectivity index (χ1) is 9.14. The zero-order valence-electron chi connectivity index (χ0n) is 12.1. The van der Waals surface area contributed by atoms with Gasteiger partial charge in [0.15, 0.2) is 0 Å². The number of halogens is 1. The number of nitrogens with one attached hydrogen (secondary N) is 1. The molecule has 1 atom stereocenters. The van der Waals surface area contributed by atoms with Crippen molar-refractivity contribution in [2.45, 2.75) is 51.2 Å². The van der Waals surface area contributed by atoms with Crippen molar-refractivity contribution in [2.24, 2.45) is 7.05 Å². The molecule has 1 heterocycles. The van der Waals surface area contributed by atoms with E-state index in [-0.39, 0.29) is 11.6 Å². The molecule has 0 radical (unpaired) electrons. The van der Waals surface area contributed by atoms with Gasteiger partial charge in [-0.05, 0) is 42.2 Å². The summed E-state index contributed by atoms with van der Waals surface area (Å²) < 4.78 is 9.23. The second kappa shape index (κ2) is 6.37. The predicted octanol–water partition coefficient (Wildman–Crippen LogP) is 3.18. The Morgan fingerprint density at radius 3 is 2.63 bits per heavy atom. The van der Waals surface area contributed by atoms with E-state index in [1.54, 1.807) is 0 Å². The van der Waals surface area contributed by atoms with Crippen molar-refractivity contribution in [3.63, 3.8) is 0 Å². The van der Waals surface area contributed by atoms with Gasteiger partial charge in [-0.3, -0.25) is 4.68 Å². The third-order valence-electron chi connectivity index (χ3n) is 4.03. The van der Waals surface area contributed by atoms with Gasteiger partial charge in [0.25, 0.3) is 0 Å². The second-order valence-electron chi connectivity index (χ2n) is 5.20. The highest BCUT2D eigenvalue weighted by molar-refractivity contribution is 9.10. The molecule has 1 aromatic heterocycles. The van der Waals surface area contributed by atoms with Crippen molar-refractivity contribution >= 4 is 15.9 Å². The lowest BCUT2D eigenvalue weighted by Crippen LogP contribution is -2.45. The maximum Gasteiger partial charge on any atom is 0.0891 e. The van der Waals surface area contributed by atoms with Gasteiger partial charge in [0.1, 0.15) is 0 Å². The molecular weight excluding hydrogens is 306 g/mol. The number of hydrogen-bond acceptors (Lipinski definition) is 3. The molecule has 4 nitrogen and oxygen atoms in total. The number of nitrogens with zero attached hydrogens (tertiary/aromatic N) is 2. The number of likely N-dealkylation sites (N-methyl/N-ethyl adjacent to an activating group) is 1.